The van der Waals surface area contributed by atoms with Crippen LogP contribution in [0.3, 0.4) is 0 Å². The molecule has 2 bridgehead atoms. The summed E-state index contributed by atoms with van der Waals surface area (Å²) in [4.78, 5) is 19.4. The van der Waals surface area contributed by atoms with Gasteiger partial charge in [-0.25, -0.2) is 9.67 Å². The lowest BCUT2D eigenvalue weighted by Gasteiger charge is -2.22. The standard InChI is InChI=1S/C20H27N5O.ClH/c1-13(2)17-6-4-5-7-18(17)25-14(3)21-19(23-25)20(26)24-11-10-15-8-9-16(12-24)22-15;/h4-7,13,15-16,22H,8-12H2,1-3H3;1H. The van der Waals surface area contributed by atoms with Crippen molar-refractivity contribution in [2.75, 3.05) is 13.1 Å². The van der Waals surface area contributed by atoms with Gasteiger partial charge in [-0.05, 0) is 43.7 Å². The van der Waals surface area contributed by atoms with Crippen molar-refractivity contribution < 1.29 is 4.79 Å². The monoisotopic (exact) mass is 389 g/mol. The number of hydrogen-bond acceptors (Lipinski definition) is 4. The summed E-state index contributed by atoms with van der Waals surface area (Å²) in [6, 6.07) is 9.16. The second-order valence-electron chi connectivity index (χ2n) is 7.79. The molecular formula is C20H28ClN5O. The maximum atomic E-state index is 13.0. The summed E-state index contributed by atoms with van der Waals surface area (Å²) in [7, 11) is 0. The van der Waals surface area contributed by atoms with Crippen molar-refractivity contribution in [2.24, 2.45) is 0 Å². The fourth-order valence-electron chi connectivity index (χ4n) is 4.15. The highest BCUT2D eigenvalue weighted by Gasteiger charge is 2.32. The second-order valence-corrected chi connectivity index (χ2v) is 7.79. The zero-order valence-corrected chi connectivity index (χ0v) is 17.0. The van der Waals surface area contributed by atoms with E-state index in [1.165, 1.54) is 12.0 Å². The zero-order chi connectivity index (χ0) is 18.3. The van der Waals surface area contributed by atoms with Crippen molar-refractivity contribution in [3.05, 3.63) is 41.5 Å². The third-order valence-electron chi connectivity index (χ3n) is 5.56. The van der Waals surface area contributed by atoms with Crippen LogP contribution in [-0.2, 0) is 0 Å². The van der Waals surface area contributed by atoms with Gasteiger partial charge in [0.1, 0.15) is 5.82 Å². The van der Waals surface area contributed by atoms with Crippen LogP contribution < -0.4 is 5.32 Å². The van der Waals surface area contributed by atoms with Crippen LogP contribution in [0, 0.1) is 6.92 Å². The van der Waals surface area contributed by atoms with E-state index in [2.05, 4.69) is 35.3 Å². The molecular weight excluding hydrogens is 362 g/mol. The first-order valence-electron chi connectivity index (χ1n) is 9.61. The molecule has 3 heterocycles. The molecule has 7 heteroatoms. The number of fused-ring (bicyclic) bond motifs is 2. The molecule has 1 aromatic carbocycles. The molecule has 2 aromatic rings. The number of benzene rings is 1. The number of nitrogens with zero attached hydrogens (tertiary/aromatic N) is 4. The number of rotatable bonds is 3. The quantitative estimate of drug-likeness (QED) is 0.876. The molecule has 27 heavy (non-hydrogen) atoms. The first-order chi connectivity index (χ1) is 12.5. The molecule has 2 aliphatic heterocycles. The first-order valence-corrected chi connectivity index (χ1v) is 9.61. The molecule has 0 saturated carbocycles. The van der Waals surface area contributed by atoms with Crippen molar-refractivity contribution in [3.63, 3.8) is 0 Å². The Bertz CT molecular complexity index is 818. The molecule has 0 aliphatic carbocycles. The number of amides is 1. The summed E-state index contributed by atoms with van der Waals surface area (Å²) in [6.45, 7) is 7.77. The van der Waals surface area contributed by atoms with Crippen LogP contribution in [0.15, 0.2) is 24.3 Å². The first kappa shape index (κ1) is 19.8. The molecule has 0 radical (unpaired) electrons. The summed E-state index contributed by atoms with van der Waals surface area (Å²) >= 11 is 0. The van der Waals surface area contributed by atoms with Gasteiger partial charge in [-0.2, -0.15) is 0 Å². The number of aromatic nitrogens is 3. The third kappa shape index (κ3) is 3.87. The van der Waals surface area contributed by atoms with Gasteiger partial charge in [0.05, 0.1) is 5.69 Å². The number of halogens is 1. The van der Waals surface area contributed by atoms with Gasteiger partial charge in [0.2, 0.25) is 5.82 Å². The SMILES string of the molecule is Cc1nc(C(=O)N2CCC3CCC(C2)N3)nn1-c1ccccc1C(C)C.Cl. The lowest BCUT2D eigenvalue weighted by Crippen LogP contribution is -2.39. The second kappa shape index (κ2) is 7.98. The van der Waals surface area contributed by atoms with E-state index in [9.17, 15) is 4.79 Å². The van der Waals surface area contributed by atoms with Gasteiger partial charge in [0.25, 0.3) is 5.91 Å². The van der Waals surface area contributed by atoms with E-state index in [0.717, 1.165) is 37.4 Å². The van der Waals surface area contributed by atoms with Crippen molar-refractivity contribution in [3.8, 4) is 5.69 Å². The third-order valence-corrected chi connectivity index (χ3v) is 5.56. The van der Waals surface area contributed by atoms with Gasteiger partial charge < -0.3 is 10.2 Å². The minimum Gasteiger partial charge on any atom is -0.334 e. The van der Waals surface area contributed by atoms with Crippen LogP contribution >= 0.6 is 12.4 Å². The van der Waals surface area contributed by atoms with Crippen LogP contribution in [0.2, 0.25) is 0 Å². The van der Waals surface area contributed by atoms with Gasteiger partial charge in [-0.1, -0.05) is 32.0 Å². The Morgan fingerprint density at radius 1 is 1.19 bits per heavy atom. The Morgan fingerprint density at radius 2 is 1.93 bits per heavy atom. The van der Waals surface area contributed by atoms with Gasteiger partial charge in [0.15, 0.2) is 0 Å². The van der Waals surface area contributed by atoms with E-state index in [1.807, 2.05) is 34.7 Å². The maximum Gasteiger partial charge on any atom is 0.293 e. The smallest absolute Gasteiger partial charge is 0.293 e. The van der Waals surface area contributed by atoms with Crippen LogP contribution in [0.4, 0.5) is 0 Å². The fraction of sp³-hybridized carbons (Fsp3) is 0.550. The van der Waals surface area contributed by atoms with Crippen molar-refractivity contribution in [1.82, 2.24) is 25.0 Å². The molecule has 6 nitrogen and oxygen atoms in total. The lowest BCUT2D eigenvalue weighted by atomic mass is 10.0. The predicted molar refractivity (Wildman–Crippen MR) is 108 cm³/mol. The number of carbonyl (C=O) groups is 1. The van der Waals surface area contributed by atoms with Gasteiger partial charge >= 0.3 is 0 Å². The van der Waals surface area contributed by atoms with Crippen molar-refractivity contribution in [2.45, 2.75) is 58.0 Å². The molecule has 2 fully saturated rings. The van der Waals surface area contributed by atoms with Gasteiger partial charge in [0, 0.05) is 25.2 Å². The molecule has 2 atom stereocenters. The number of likely N-dealkylation sites (tertiary alicyclic amines) is 1. The van der Waals surface area contributed by atoms with Crippen LogP contribution in [0.1, 0.15) is 61.0 Å². The molecule has 4 rings (SSSR count). The fourth-order valence-corrected chi connectivity index (χ4v) is 4.15. The molecule has 1 amide bonds. The Kier molecular flexibility index (Phi) is 5.86. The number of carbonyl (C=O) groups excluding carboxylic acids is 1. The Hall–Kier alpha value is -1.92. The van der Waals surface area contributed by atoms with Gasteiger partial charge in [-0.3, -0.25) is 4.79 Å². The Morgan fingerprint density at radius 3 is 2.70 bits per heavy atom. The topological polar surface area (TPSA) is 63.1 Å². The molecule has 1 aromatic heterocycles. The Balaban J connectivity index is 0.00000210. The largest absolute Gasteiger partial charge is 0.334 e. The average molecular weight is 390 g/mol. The minimum absolute atomic E-state index is 0. The minimum atomic E-state index is -0.0526. The number of nitrogens with one attached hydrogen (secondary N) is 1. The summed E-state index contributed by atoms with van der Waals surface area (Å²) in [5.41, 5.74) is 2.21. The number of hydrogen-bond donors (Lipinski definition) is 1. The van der Waals surface area contributed by atoms with Crippen LogP contribution in [0.5, 0.6) is 0 Å². The summed E-state index contributed by atoms with van der Waals surface area (Å²) in [5, 5.41) is 8.20. The highest BCUT2D eigenvalue weighted by Crippen LogP contribution is 2.24. The van der Waals surface area contributed by atoms with Crippen LogP contribution in [0.25, 0.3) is 5.69 Å². The molecule has 2 unspecified atom stereocenters. The highest BCUT2D eigenvalue weighted by molar-refractivity contribution is 5.90. The molecule has 2 saturated heterocycles. The van der Waals surface area contributed by atoms with Crippen molar-refractivity contribution in [1.29, 1.82) is 0 Å². The predicted octanol–water partition coefficient (Wildman–Crippen LogP) is 3.09. The maximum absolute atomic E-state index is 13.0. The molecule has 1 N–H and O–H groups in total. The van der Waals surface area contributed by atoms with E-state index >= 15 is 0 Å². The van der Waals surface area contributed by atoms with Crippen LogP contribution in [-0.4, -0.2) is 50.7 Å². The normalized spacial score (nSPS) is 21.9. The van der Waals surface area contributed by atoms with Gasteiger partial charge in [-0.15, -0.1) is 17.5 Å². The van der Waals surface area contributed by atoms with E-state index in [4.69, 9.17) is 0 Å². The van der Waals surface area contributed by atoms with E-state index < -0.39 is 0 Å². The summed E-state index contributed by atoms with van der Waals surface area (Å²) < 4.78 is 1.81. The zero-order valence-electron chi connectivity index (χ0n) is 16.2. The molecule has 0 spiro atoms. The molecule has 2 aliphatic rings. The molecule has 146 valence electrons. The van der Waals surface area contributed by atoms with E-state index in [0.29, 0.717) is 23.8 Å². The number of para-hydroxylation sites is 1. The lowest BCUT2D eigenvalue weighted by molar-refractivity contribution is 0.0736. The Labute approximate surface area is 166 Å². The number of aryl methyl sites for hydroxylation is 1. The van der Waals surface area contributed by atoms with E-state index in [1.54, 1.807) is 0 Å². The summed E-state index contributed by atoms with van der Waals surface area (Å²) in [6.07, 6.45) is 3.39. The van der Waals surface area contributed by atoms with E-state index in [-0.39, 0.29) is 18.3 Å². The summed E-state index contributed by atoms with van der Waals surface area (Å²) in [5.74, 6) is 1.37. The van der Waals surface area contributed by atoms with Crippen molar-refractivity contribution >= 4 is 18.3 Å². The average Bonchev–Trinajstić information content (AvgIpc) is 3.16. The highest BCUT2D eigenvalue weighted by atomic mass is 35.5.